The predicted molar refractivity (Wildman–Crippen MR) is 80.8 cm³/mol. The second-order valence-corrected chi connectivity index (χ2v) is 6.59. The Bertz CT molecular complexity index is 428. The smallest absolute Gasteiger partial charge is 0.0771 e. The molecule has 1 aliphatic rings. The molecule has 4 heteroatoms. The van der Waals surface area contributed by atoms with Gasteiger partial charge in [-0.3, -0.25) is 0 Å². The van der Waals surface area contributed by atoms with Crippen LogP contribution in [-0.4, -0.2) is 17.3 Å². The maximum Gasteiger partial charge on any atom is 0.0771 e. The molecular weight excluding hydrogens is 281 g/mol. The molecule has 0 saturated heterocycles. The molecule has 106 valence electrons. The van der Waals surface area contributed by atoms with Crippen molar-refractivity contribution in [2.75, 3.05) is 6.54 Å². The largest absolute Gasteiger partial charge is 0.389 e. The second-order valence-electron chi connectivity index (χ2n) is 5.75. The Balaban J connectivity index is 1.84. The Morgan fingerprint density at radius 1 is 1.32 bits per heavy atom. The Labute approximate surface area is 125 Å². The summed E-state index contributed by atoms with van der Waals surface area (Å²) in [7, 11) is 0. The molecule has 0 radical (unpaired) electrons. The van der Waals surface area contributed by atoms with Gasteiger partial charge in [0.15, 0.2) is 0 Å². The molecule has 0 aromatic heterocycles. The molecule has 0 atom stereocenters. The van der Waals surface area contributed by atoms with E-state index in [0.29, 0.717) is 23.1 Å². The molecule has 0 amide bonds. The van der Waals surface area contributed by atoms with Crippen molar-refractivity contribution in [3.8, 4) is 0 Å². The van der Waals surface area contributed by atoms with Gasteiger partial charge in [-0.25, -0.2) is 0 Å². The van der Waals surface area contributed by atoms with Crippen LogP contribution in [0.15, 0.2) is 18.2 Å². The molecule has 1 saturated carbocycles. The predicted octanol–water partition coefficient (Wildman–Crippen LogP) is 4.02. The average Bonchev–Trinajstić information content (AvgIpc) is 2.38. The van der Waals surface area contributed by atoms with Crippen LogP contribution in [-0.2, 0) is 6.54 Å². The number of aliphatic hydroxyl groups is 1. The Morgan fingerprint density at radius 3 is 2.68 bits per heavy atom. The van der Waals surface area contributed by atoms with Crippen LogP contribution in [0.5, 0.6) is 0 Å². The molecular formula is C15H21Cl2NO. The topological polar surface area (TPSA) is 32.3 Å². The third-order valence-electron chi connectivity index (χ3n) is 3.98. The second kappa shape index (κ2) is 6.45. The van der Waals surface area contributed by atoms with E-state index in [0.717, 1.165) is 37.2 Å². The highest BCUT2D eigenvalue weighted by Gasteiger charge is 2.31. The lowest BCUT2D eigenvalue weighted by molar-refractivity contribution is -0.00630. The van der Waals surface area contributed by atoms with E-state index in [9.17, 15) is 5.11 Å². The lowest BCUT2D eigenvalue weighted by Gasteiger charge is -2.35. The Kier molecular flexibility index (Phi) is 5.13. The fourth-order valence-electron chi connectivity index (χ4n) is 2.58. The number of benzene rings is 1. The molecule has 1 aromatic carbocycles. The lowest BCUT2D eigenvalue weighted by atomic mass is 9.79. The minimum Gasteiger partial charge on any atom is -0.389 e. The summed E-state index contributed by atoms with van der Waals surface area (Å²) in [4.78, 5) is 0. The Hall–Kier alpha value is -0.280. The van der Waals surface area contributed by atoms with Gasteiger partial charge in [-0.2, -0.15) is 0 Å². The van der Waals surface area contributed by atoms with Crippen LogP contribution in [0.1, 0.15) is 38.2 Å². The summed E-state index contributed by atoms with van der Waals surface area (Å²) in [6, 6.07) is 5.45. The van der Waals surface area contributed by atoms with Crippen molar-refractivity contribution < 1.29 is 5.11 Å². The molecule has 0 unspecified atom stereocenters. The first-order valence-corrected chi connectivity index (χ1v) is 7.61. The highest BCUT2D eigenvalue weighted by Crippen LogP contribution is 2.31. The fourth-order valence-corrected chi connectivity index (χ4v) is 2.96. The van der Waals surface area contributed by atoms with E-state index < -0.39 is 5.60 Å². The maximum absolute atomic E-state index is 10.5. The van der Waals surface area contributed by atoms with Crippen molar-refractivity contribution >= 4 is 23.2 Å². The number of hydrogen-bond donors (Lipinski definition) is 2. The third kappa shape index (κ3) is 4.35. The summed E-state index contributed by atoms with van der Waals surface area (Å²) < 4.78 is 0. The summed E-state index contributed by atoms with van der Waals surface area (Å²) in [6.45, 7) is 3.50. The van der Waals surface area contributed by atoms with E-state index in [4.69, 9.17) is 23.2 Å². The minimum absolute atomic E-state index is 0.558. The van der Waals surface area contributed by atoms with Gasteiger partial charge >= 0.3 is 0 Å². The number of hydrogen-bond acceptors (Lipinski definition) is 2. The highest BCUT2D eigenvalue weighted by atomic mass is 35.5. The molecule has 1 fully saturated rings. The molecule has 0 bridgehead atoms. The zero-order valence-corrected chi connectivity index (χ0v) is 12.8. The van der Waals surface area contributed by atoms with Gasteiger partial charge in [0.25, 0.3) is 0 Å². The molecule has 0 aliphatic heterocycles. The first-order valence-electron chi connectivity index (χ1n) is 6.85. The van der Waals surface area contributed by atoms with Gasteiger partial charge in [0.1, 0.15) is 0 Å². The summed E-state index contributed by atoms with van der Waals surface area (Å²) >= 11 is 12.1. The summed E-state index contributed by atoms with van der Waals surface area (Å²) in [6.07, 6.45) is 3.97. The van der Waals surface area contributed by atoms with Crippen molar-refractivity contribution in [3.05, 3.63) is 33.8 Å². The van der Waals surface area contributed by atoms with E-state index in [1.165, 1.54) is 0 Å². The molecule has 0 heterocycles. The molecule has 1 aromatic rings. The van der Waals surface area contributed by atoms with E-state index in [2.05, 4.69) is 12.2 Å². The van der Waals surface area contributed by atoms with Gasteiger partial charge in [-0.15, -0.1) is 0 Å². The van der Waals surface area contributed by atoms with Crippen LogP contribution in [0, 0.1) is 5.92 Å². The van der Waals surface area contributed by atoms with Crippen LogP contribution in [0.4, 0.5) is 0 Å². The summed E-state index contributed by atoms with van der Waals surface area (Å²) in [5, 5.41) is 15.2. The SMILES string of the molecule is CC1CCC(O)(CNCc2cc(Cl)ccc2Cl)CC1. The minimum atomic E-state index is -0.558. The van der Waals surface area contributed by atoms with E-state index in [1.807, 2.05) is 6.07 Å². The zero-order valence-electron chi connectivity index (χ0n) is 11.3. The third-order valence-corrected chi connectivity index (χ3v) is 4.59. The van der Waals surface area contributed by atoms with Crippen molar-refractivity contribution in [2.45, 2.75) is 44.8 Å². The van der Waals surface area contributed by atoms with Crippen LogP contribution in [0.25, 0.3) is 0 Å². The van der Waals surface area contributed by atoms with Crippen LogP contribution in [0.2, 0.25) is 10.0 Å². The van der Waals surface area contributed by atoms with Crippen molar-refractivity contribution in [1.29, 1.82) is 0 Å². The molecule has 0 spiro atoms. The van der Waals surface area contributed by atoms with Gasteiger partial charge in [0, 0.05) is 23.1 Å². The van der Waals surface area contributed by atoms with Gasteiger partial charge in [0.05, 0.1) is 5.60 Å². The first-order chi connectivity index (χ1) is 8.98. The van der Waals surface area contributed by atoms with Gasteiger partial charge in [0.2, 0.25) is 0 Å². The molecule has 1 aliphatic carbocycles. The normalized spacial score (nSPS) is 27.5. The molecule has 19 heavy (non-hydrogen) atoms. The van der Waals surface area contributed by atoms with E-state index in [1.54, 1.807) is 12.1 Å². The average molecular weight is 302 g/mol. The van der Waals surface area contributed by atoms with Crippen LogP contribution < -0.4 is 5.32 Å². The van der Waals surface area contributed by atoms with E-state index in [-0.39, 0.29) is 0 Å². The first kappa shape index (κ1) is 15.1. The standard InChI is InChI=1S/C15H21Cl2NO/c1-11-4-6-15(19,7-5-11)10-18-9-12-8-13(16)2-3-14(12)17/h2-3,8,11,18-19H,4-7,9-10H2,1H3. The van der Waals surface area contributed by atoms with Crippen molar-refractivity contribution in [2.24, 2.45) is 5.92 Å². The lowest BCUT2D eigenvalue weighted by Crippen LogP contribution is -2.43. The number of halogens is 2. The zero-order chi connectivity index (χ0) is 13.9. The van der Waals surface area contributed by atoms with Crippen LogP contribution in [0.3, 0.4) is 0 Å². The molecule has 2 N–H and O–H groups in total. The van der Waals surface area contributed by atoms with Gasteiger partial charge in [-0.05, 0) is 55.4 Å². The molecule has 2 nitrogen and oxygen atoms in total. The fraction of sp³-hybridized carbons (Fsp3) is 0.600. The van der Waals surface area contributed by atoms with Crippen molar-refractivity contribution in [1.82, 2.24) is 5.32 Å². The summed E-state index contributed by atoms with van der Waals surface area (Å²) in [5.74, 6) is 0.739. The number of nitrogens with one attached hydrogen (secondary N) is 1. The summed E-state index contributed by atoms with van der Waals surface area (Å²) in [5.41, 5.74) is 0.416. The highest BCUT2D eigenvalue weighted by molar-refractivity contribution is 6.33. The van der Waals surface area contributed by atoms with Crippen LogP contribution >= 0.6 is 23.2 Å². The monoisotopic (exact) mass is 301 g/mol. The maximum atomic E-state index is 10.5. The van der Waals surface area contributed by atoms with Crippen molar-refractivity contribution in [3.63, 3.8) is 0 Å². The van der Waals surface area contributed by atoms with E-state index >= 15 is 0 Å². The Morgan fingerprint density at radius 2 is 2.00 bits per heavy atom. The molecule has 2 rings (SSSR count). The van der Waals surface area contributed by atoms with Gasteiger partial charge < -0.3 is 10.4 Å². The number of rotatable bonds is 4. The van der Waals surface area contributed by atoms with Gasteiger partial charge in [-0.1, -0.05) is 30.1 Å². The quantitative estimate of drug-likeness (QED) is 0.880.